The highest BCUT2D eigenvalue weighted by Gasteiger charge is 2.24. The van der Waals surface area contributed by atoms with Crippen molar-refractivity contribution in [1.29, 1.82) is 0 Å². The van der Waals surface area contributed by atoms with Gasteiger partial charge in [0.2, 0.25) is 5.89 Å². The van der Waals surface area contributed by atoms with Gasteiger partial charge < -0.3 is 19.0 Å². The van der Waals surface area contributed by atoms with Crippen molar-refractivity contribution in [2.24, 2.45) is 0 Å². The number of carbonyl (C=O) groups excluding carboxylic acids is 1. The lowest BCUT2D eigenvalue weighted by Crippen LogP contribution is -2.50. The monoisotopic (exact) mass is 378 g/mol. The van der Waals surface area contributed by atoms with E-state index < -0.39 is 0 Å². The summed E-state index contributed by atoms with van der Waals surface area (Å²) in [6.45, 7) is 4.34. The summed E-state index contributed by atoms with van der Waals surface area (Å²) in [5, 5.41) is 7.87. The van der Waals surface area contributed by atoms with Crippen molar-refractivity contribution in [1.82, 2.24) is 15.1 Å². The Morgan fingerprint density at radius 1 is 0.964 bits per heavy atom. The van der Waals surface area contributed by atoms with Crippen LogP contribution in [0.5, 0.6) is 5.75 Å². The van der Waals surface area contributed by atoms with Crippen LogP contribution in [-0.4, -0.2) is 53.8 Å². The number of hydrogen-bond acceptors (Lipinski definition) is 6. The molecule has 1 fully saturated rings. The van der Waals surface area contributed by atoms with Crippen molar-refractivity contribution in [3.05, 3.63) is 60.5 Å². The van der Waals surface area contributed by atoms with Crippen LogP contribution in [0.15, 0.2) is 59.0 Å². The minimum absolute atomic E-state index is 0.0199. The molecular formula is C21H22N4O3. The van der Waals surface area contributed by atoms with Crippen molar-refractivity contribution >= 4 is 11.9 Å². The molecule has 2 aromatic carbocycles. The van der Waals surface area contributed by atoms with E-state index in [-0.39, 0.29) is 12.5 Å². The van der Waals surface area contributed by atoms with E-state index in [9.17, 15) is 4.79 Å². The van der Waals surface area contributed by atoms with Gasteiger partial charge in [0.05, 0.1) is 0 Å². The molecule has 1 saturated heterocycles. The molecule has 7 nitrogen and oxygen atoms in total. The molecule has 0 atom stereocenters. The first-order chi connectivity index (χ1) is 13.7. The topological polar surface area (TPSA) is 71.7 Å². The van der Waals surface area contributed by atoms with Gasteiger partial charge >= 0.3 is 6.01 Å². The number of hydrogen-bond donors (Lipinski definition) is 0. The van der Waals surface area contributed by atoms with Crippen LogP contribution in [0, 0.1) is 6.92 Å². The van der Waals surface area contributed by atoms with Gasteiger partial charge in [0, 0.05) is 33.1 Å². The highest BCUT2D eigenvalue weighted by Crippen LogP contribution is 2.22. The molecular weight excluding hydrogens is 356 g/mol. The lowest BCUT2D eigenvalue weighted by atomic mass is 10.1. The number of aromatic nitrogens is 2. The van der Waals surface area contributed by atoms with E-state index in [4.69, 9.17) is 9.15 Å². The average molecular weight is 378 g/mol. The largest absolute Gasteiger partial charge is 0.484 e. The molecule has 1 aliphatic heterocycles. The van der Waals surface area contributed by atoms with Gasteiger partial charge in [0.25, 0.3) is 5.91 Å². The quantitative estimate of drug-likeness (QED) is 0.680. The van der Waals surface area contributed by atoms with Gasteiger partial charge in [-0.1, -0.05) is 47.6 Å². The Kier molecular flexibility index (Phi) is 5.23. The zero-order chi connectivity index (χ0) is 19.3. The molecule has 1 aromatic heterocycles. The number of ether oxygens (including phenoxy) is 1. The number of aryl methyl sites for hydroxylation is 1. The number of benzene rings is 2. The van der Waals surface area contributed by atoms with Crippen LogP contribution in [0.2, 0.25) is 0 Å². The second-order valence-electron chi connectivity index (χ2n) is 6.65. The Balaban J connectivity index is 1.27. The molecule has 0 spiro atoms. The van der Waals surface area contributed by atoms with E-state index in [2.05, 4.69) is 22.3 Å². The van der Waals surface area contributed by atoms with Crippen LogP contribution >= 0.6 is 0 Å². The van der Waals surface area contributed by atoms with E-state index in [0.29, 0.717) is 43.8 Å². The van der Waals surface area contributed by atoms with E-state index in [0.717, 1.165) is 11.1 Å². The fourth-order valence-electron chi connectivity index (χ4n) is 3.17. The maximum absolute atomic E-state index is 12.4. The first kappa shape index (κ1) is 18.0. The molecule has 0 saturated carbocycles. The number of carbonyl (C=O) groups is 1. The van der Waals surface area contributed by atoms with Gasteiger partial charge in [-0.25, -0.2) is 0 Å². The van der Waals surface area contributed by atoms with Gasteiger partial charge in [-0.2, -0.15) is 0 Å². The van der Waals surface area contributed by atoms with E-state index in [1.807, 2.05) is 47.4 Å². The Labute approximate surface area is 163 Å². The summed E-state index contributed by atoms with van der Waals surface area (Å²) in [5.74, 6) is 1.21. The second-order valence-corrected chi connectivity index (χ2v) is 6.65. The van der Waals surface area contributed by atoms with Crippen LogP contribution in [0.25, 0.3) is 11.1 Å². The average Bonchev–Trinajstić information content (AvgIpc) is 3.19. The molecule has 0 unspecified atom stereocenters. The Morgan fingerprint density at radius 2 is 1.64 bits per heavy atom. The van der Waals surface area contributed by atoms with Crippen molar-refractivity contribution < 1.29 is 13.9 Å². The lowest BCUT2D eigenvalue weighted by Gasteiger charge is -2.33. The van der Waals surface area contributed by atoms with Gasteiger partial charge in [-0.15, -0.1) is 5.10 Å². The third-order valence-corrected chi connectivity index (χ3v) is 4.74. The second kappa shape index (κ2) is 8.12. The summed E-state index contributed by atoms with van der Waals surface area (Å²) in [7, 11) is 0. The van der Waals surface area contributed by atoms with Crippen LogP contribution in [-0.2, 0) is 4.79 Å². The van der Waals surface area contributed by atoms with E-state index in [1.54, 1.807) is 11.8 Å². The fourth-order valence-corrected chi connectivity index (χ4v) is 3.17. The summed E-state index contributed by atoms with van der Waals surface area (Å²) in [5.41, 5.74) is 2.27. The summed E-state index contributed by atoms with van der Waals surface area (Å²) < 4.78 is 11.1. The molecule has 1 amide bonds. The zero-order valence-corrected chi connectivity index (χ0v) is 15.7. The molecule has 3 aromatic rings. The number of piperazine rings is 1. The first-order valence-corrected chi connectivity index (χ1v) is 9.30. The van der Waals surface area contributed by atoms with Crippen molar-refractivity contribution in [3.63, 3.8) is 0 Å². The molecule has 4 rings (SSSR count). The van der Waals surface area contributed by atoms with E-state index in [1.165, 1.54) is 0 Å². The number of anilines is 1. The maximum Gasteiger partial charge on any atom is 0.318 e. The van der Waals surface area contributed by atoms with Crippen LogP contribution < -0.4 is 9.64 Å². The number of nitrogens with zero attached hydrogens (tertiary/aromatic N) is 4. The molecule has 2 heterocycles. The third kappa shape index (κ3) is 4.14. The smallest absolute Gasteiger partial charge is 0.318 e. The lowest BCUT2D eigenvalue weighted by molar-refractivity contribution is -0.133. The summed E-state index contributed by atoms with van der Waals surface area (Å²) >= 11 is 0. The molecule has 0 aliphatic carbocycles. The van der Waals surface area contributed by atoms with Crippen LogP contribution in [0.1, 0.15) is 5.89 Å². The molecule has 0 bridgehead atoms. The zero-order valence-electron chi connectivity index (χ0n) is 15.7. The van der Waals surface area contributed by atoms with Crippen molar-refractivity contribution in [3.8, 4) is 16.9 Å². The predicted octanol–water partition coefficient (Wildman–Crippen LogP) is 2.77. The maximum atomic E-state index is 12.4. The Hall–Kier alpha value is -3.35. The standard InChI is InChI=1S/C21H22N4O3/c1-16-22-23-21(28-16)25-13-11-24(12-14-25)20(26)15-27-19-9-7-18(8-10-19)17-5-3-2-4-6-17/h2-10H,11-15H2,1H3. The summed E-state index contributed by atoms with van der Waals surface area (Å²) in [4.78, 5) is 16.2. The van der Waals surface area contributed by atoms with E-state index >= 15 is 0 Å². The molecule has 7 heteroatoms. The highest BCUT2D eigenvalue weighted by atomic mass is 16.5. The molecule has 144 valence electrons. The fraction of sp³-hybridized carbons (Fsp3) is 0.286. The van der Waals surface area contributed by atoms with Crippen molar-refractivity contribution in [2.75, 3.05) is 37.7 Å². The molecule has 28 heavy (non-hydrogen) atoms. The van der Waals surface area contributed by atoms with Crippen LogP contribution in [0.3, 0.4) is 0 Å². The summed E-state index contributed by atoms with van der Waals surface area (Å²) in [6.07, 6.45) is 0. The molecule has 0 N–H and O–H groups in total. The Bertz CT molecular complexity index is 916. The minimum Gasteiger partial charge on any atom is -0.484 e. The van der Waals surface area contributed by atoms with Gasteiger partial charge in [-0.05, 0) is 23.3 Å². The number of rotatable bonds is 5. The minimum atomic E-state index is -0.0199. The molecule has 1 aliphatic rings. The summed E-state index contributed by atoms with van der Waals surface area (Å²) in [6, 6.07) is 18.4. The third-order valence-electron chi connectivity index (χ3n) is 4.74. The van der Waals surface area contributed by atoms with Gasteiger partial charge in [-0.3, -0.25) is 4.79 Å². The van der Waals surface area contributed by atoms with Gasteiger partial charge in [0.1, 0.15) is 5.75 Å². The number of amides is 1. The van der Waals surface area contributed by atoms with Crippen molar-refractivity contribution in [2.45, 2.75) is 6.92 Å². The predicted molar refractivity (Wildman–Crippen MR) is 105 cm³/mol. The van der Waals surface area contributed by atoms with Gasteiger partial charge in [0.15, 0.2) is 6.61 Å². The first-order valence-electron chi connectivity index (χ1n) is 9.30. The Morgan fingerprint density at radius 3 is 2.29 bits per heavy atom. The SMILES string of the molecule is Cc1nnc(N2CCN(C(=O)COc3ccc(-c4ccccc4)cc3)CC2)o1. The molecule has 0 radical (unpaired) electrons. The van der Waals surface area contributed by atoms with Crippen LogP contribution in [0.4, 0.5) is 6.01 Å². The normalized spacial score (nSPS) is 14.2. The highest BCUT2D eigenvalue weighted by molar-refractivity contribution is 5.78.